The van der Waals surface area contributed by atoms with E-state index in [0.717, 1.165) is 16.3 Å². The van der Waals surface area contributed by atoms with Crippen molar-refractivity contribution in [3.8, 4) is 0 Å². The third-order valence-electron chi connectivity index (χ3n) is 2.64. The summed E-state index contributed by atoms with van der Waals surface area (Å²) in [5.74, 6) is 0. The van der Waals surface area contributed by atoms with Gasteiger partial charge in [0.15, 0.2) is 0 Å². The van der Waals surface area contributed by atoms with Crippen molar-refractivity contribution in [3.63, 3.8) is 0 Å². The van der Waals surface area contributed by atoms with E-state index >= 15 is 0 Å². The smallest absolute Gasteiger partial charge is 0.308 e. The second-order valence-electron chi connectivity index (χ2n) is 4.18. The van der Waals surface area contributed by atoms with E-state index in [1.807, 2.05) is 61.7 Å². The fourth-order valence-electron chi connectivity index (χ4n) is 1.63. The zero-order chi connectivity index (χ0) is 13.7. The molecule has 2 aromatic carbocycles. The number of hydrogen-bond donors (Lipinski definition) is 2. The van der Waals surface area contributed by atoms with E-state index in [1.54, 1.807) is 11.8 Å². The molecule has 0 unspecified atom stereocenters. The lowest BCUT2D eigenvalue weighted by Gasteiger charge is -2.08. The minimum Gasteiger partial charge on any atom is -0.308 e. The summed E-state index contributed by atoms with van der Waals surface area (Å²) in [6, 6.07) is 15.2. The average Bonchev–Trinajstić information content (AvgIpc) is 2.41. The molecule has 0 heterocycles. The summed E-state index contributed by atoms with van der Waals surface area (Å²) >= 11 is 1.64. The molecule has 4 heteroatoms. The van der Waals surface area contributed by atoms with Gasteiger partial charge in [-0.3, -0.25) is 0 Å². The van der Waals surface area contributed by atoms with Crippen LogP contribution in [0.1, 0.15) is 5.56 Å². The van der Waals surface area contributed by atoms with Gasteiger partial charge in [-0.05, 0) is 43.5 Å². The highest BCUT2D eigenvalue weighted by Gasteiger charge is 2.02. The van der Waals surface area contributed by atoms with Crippen molar-refractivity contribution in [3.05, 3.63) is 54.1 Å². The number of benzene rings is 2. The number of anilines is 2. The molecule has 0 bridgehead atoms. The predicted molar refractivity (Wildman–Crippen MR) is 82.0 cm³/mol. The lowest BCUT2D eigenvalue weighted by atomic mass is 10.2. The second-order valence-corrected chi connectivity index (χ2v) is 5.06. The lowest BCUT2D eigenvalue weighted by molar-refractivity contribution is 0.262. The Labute approximate surface area is 117 Å². The summed E-state index contributed by atoms with van der Waals surface area (Å²) < 4.78 is 0. The maximum atomic E-state index is 11.8. The topological polar surface area (TPSA) is 41.1 Å². The van der Waals surface area contributed by atoms with Crippen LogP contribution >= 0.6 is 11.8 Å². The van der Waals surface area contributed by atoms with Crippen molar-refractivity contribution in [1.82, 2.24) is 0 Å². The van der Waals surface area contributed by atoms with Gasteiger partial charge in [0.25, 0.3) is 0 Å². The molecule has 0 spiro atoms. The number of nitrogens with one attached hydrogen (secondary N) is 2. The quantitative estimate of drug-likeness (QED) is 0.815. The Hall–Kier alpha value is -1.94. The number of rotatable bonds is 3. The molecule has 0 aromatic heterocycles. The van der Waals surface area contributed by atoms with Crippen LogP contribution in [-0.2, 0) is 0 Å². The molecule has 0 saturated heterocycles. The highest BCUT2D eigenvalue weighted by Crippen LogP contribution is 2.19. The summed E-state index contributed by atoms with van der Waals surface area (Å²) in [7, 11) is 0. The Kier molecular flexibility index (Phi) is 4.47. The number of carbonyl (C=O) groups excluding carboxylic acids is 1. The van der Waals surface area contributed by atoms with Crippen LogP contribution in [0.5, 0.6) is 0 Å². The van der Waals surface area contributed by atoms with Crippen molar-refractivity contribution >= 4 is 29.2 Å². The van der Waals surface area contributed by atoms with Gasteiger partial charge in [-0.2, -0.15) is 0 Å². The van der Waals surface area contributed by atoms with Gasteiger partial charge in [-0.15, -0.1) is 11.8 Å². The largest absolute Gasteiger partial charge is 0.323 e. The highest BCUT2D eigenvalue weighted by atomic mass is 32.2. The van der Waals surface area contributed by atoms with Crippen LogP contribution in [0.4, 0.5) is 16.2 Å². The molecule has 0 aliphatic carbocycles. The van der Waals surface area contributed by atoms with Crippen LogP contribution in [0.2, 0.25) is 0 Å². The first kappa shape index (κ1) is 13.5. The number of aryl methyl sites for hydroxylation is 1. The molecule has 0 atom stereocenters. The molecule has 0 aliphatic rings. The van der Waals surface area contributed by atoms with Gasteiger partial charge in [0.1, 0.15) is 0 Å². The van der Waals surface area contributed by atoms with Crippen molar-refractivity contribution in [1.29, 1.82) is 0 Å². The number of amides is 2. The normalized spacial score (nSPS) is 10.0. The van der Waals surface area contributed by atoms with Crippen molar-refractivity contribution in [2.75, 3.05) is 16.9 Å². The number of thioether (sulfide) groups is 1. The Morgan fingerprint density at radius 1 is 1.00 bits per heavy atom. The Morgan fingerprint density at radius 2 is 1.68 bits per heavy atom. The Balaban J connectivity index is 1.99. The van der Waals surface area contributed by atoms with Gasteiger partial charge in [0.05, 0.1) is 0 Å². The first-order valence-corrected chi connectivity index (χ1v) is 7.18. The highest BCUT2D eigenvalue weighted by molar-refractivity contribution is 7.98. The van der Waals surface area contributed by atoms with Crippen LogP contribution in [0.15, 0.2) is 53.4 Å². The van der Waals surface area contributed by atoms with Crippen LogP contribution in [0.3, 0.4) is 0 Å². The van der Waals surface area contributed by atoms with Gasteiger partial charge in [0, 0.05) is 16.3 Å². The maximum absolute atomic E-state index is 11.8. The third kappa shape index (κ3) is 4.03. The Bertz CT molecular complexity index is 567. The van der Waals surface area contributed by atoms with E-state index in [9.17, 15) is 4.79 Å². The van der Waals surface area contributed by atoms with Crippen molar-refractivity contribution < 1.29 is 4.79 Å². The van der Waals surface area contributed by atoms with Gasteiger partial charge >= 0.3 is 6.03 Å². The molecule has 2 aromatic rings. The second kappa shape index (κ2) is 6.29. The minimum absolute atomic E-state index is 0.234. The van der Waals surface area contributed by atoms with Gasteiger partial charge < -0.3 is 10.6 Å². The van der Waals surface area contributed by atoms with E-state index in [4.69, 9.17) is 0 Å². The molecule has 2 rings (SSSR count). The first-order chi connectivity index (χ1) is 9.17. The standard InChI is InChI=1S/C15H16N2OS/c1-11-6-8-12(9-7-11)16-15(18)17-13-4-3-5-14(10-13)19-2/h3-10H,1-2H3,(H2,16,17,18). The molecular formula is C15H16N2OS. The average molecular weight is 272 g/mol. The molecule has 0 radical (unpaired) electrons. The van der Waals surface area contributed by atoms with Crippen LogP contribution in [0, 0.1) is 6.92 Å². The van der Waals surface area contributed by atoms with E-state index in [2.05, 4.69) is 10.6 Å². The molecule has 0 aliphatic heterocycles. The summed E-state index contributed by atoms with van der Waals surface area (Å²) in [5, 5.41) is 5.61. The molecule has 0 saturated carbocycles. The maximum Gasteiger partial charge on any atom is 0.323 e. The SMILES string of the molecule is CSc1cccc(NC(=O)Nc2ccc(C)cc2)c1. The molecular weight excluding hydrogens is 256 g/mol. The summed E-state index contributed by atoms with van der Waals surface area (Å²) in [5.41, 5.74) is 2.74. The molecule has 0 fully saturated rings. The Morgan fingerprint density at radius 3 is 2.37 bits per heavy atom. The third-order valence-corrected chi connectivity index (χ3v) is 3.36. The van der Waals surface area contributed by atoms with Gasteiger partial charge in [-0.25, -0.2) is 4.79 Å². The molecule has 2 N–H and O–H groups in total. The van der Waals surface area contributed by atoms with E-state index in [1.165, 1.54) is 5.56 Å². The van der Waals surface area contributed by atoms with E-state index < -0.39 is 0 Å². The zero-order valence-corrected chi connectivity index (χ0v) is 11.8. The number of carbonyl (C=O) groups is 1. The first-order valence-electron chi connectivity index (χ1n) is 5.96. The summed E-state index contributed by atoms with van der Waals surface area (Å²) in [4.78, 5) is 13.0. The van der Waals surface area contributed by atoms with Crippen LogP contribution in [-0.4, -0.2) is 12.3 Å². The molecule has 98 valence electrons. The van der Waals surface area contributed by atoms with Crippen LogP contribution < -0.4 is 10.6 Å². The lowest BCUT2D eigenvalue weighted by Crippen LogP contribution is -2.19. The predicted octanol–water partition coefficient (Wildman–Crippen LogP) is 4.36. The van der Waals surface area contributed by atoms with Gasteiger partial charge in [-0.1, -0.05) is 23.8 Å². The van der Waals surface area contributed by atoms with E-state index in [-0.39, 0.29) is 6.03 Å². The van der Waals surface area contributed by atoms with Crippen molar-refractivity contribution in [2.24, 2.45) is 0 Å². The minimum atomic E-state index is -0.234. The molecule has 3 nitrogen and oxygen atoms in total. The fourth-order valence-corrected chi connectivity index (χ4v) is 2.09. The van der Waals surface area contributed by atoms with Crippen LogP contribution in [0.25, 0.3) is 0 Å². The summed E-state index contributed by atoms with van der Waals surface area (Å²) in [6.45, 7) is 2.01. The molecule has 2 amide bonds. The van der Waals surface area contributed by atoms with E-state index in [0.29, 0.717) is 0 Å². The summed E-state index contributed by atoms with van der Waals surface area (Å²) in [6.07, 6.45) is 2.01. The number of urea groups is 1. The molecule has 19 heavy (non-hydrogen) atoms. The fraction of sp³-hybridized carbons (Fsp3) is 0.133. The number of hydrogen-bond acceptors (Lipinski definition) is 2. The zero-order valence-electron chi connectivity index (χ0n) is 10.9. The van der Waals surface area contributed by atoms with Crippen molar-refractivity contribution in [2.45, 2.75) is 11.8 Å². The van der Waals surface area contributed by atoms with Gasteiger partial charge in [0.2, 0.25) is 0 Å². The monoisotopic (exact) mass is 272 g/mol.